The Morgan fingerprint density at radius 2 is 1.08 bits per heavy atom. The largest absolute Gasteiger partial charge is 0.456 e. The van der Waals surface area contributed by atoms with Crippen LogP contribution in [-0.4, -0.2) is 15.0 Å². The number of aromatic nitrogens is 3. The van der Waals surface area contributed by atoms with Crippen molar-refractivity contribution in [1.82, 2.24) is 15.0 Å². The smallest absolute Gasteiger partial charge is 0.167 e. The molecule has 0 aliphatic heterocycles. The van der Waals surface area contributed by atoms with Gasteiger partial charge in [0.05, 0.1) is 5.56 Å². The topological polar surface area (TPSA) is 65.0 Å². The molecule has 1 unspecified atom stereocenters. The van der Waals surface area contributed by atoms with Crippen LogP contribution < -0.4 is 0 Å². The Morgan fingerprint density at radius 3 is 1.92 bits per heavy atom. The van der Waals surface area contributed by atoms with Crippen molar-refractivity contribution in [2.24, 2.45) is 0 Å². The van der Waals surface area contributed by atoms with Gasteiger partial charge in [-0.15, -0.1) is 0 Å². The van der Waals surface area contributed by atoms with Crippen LogP contribution >= 0.6 is 0 Å². The van der Waals surface area contributed by atoms with E-state index in [1.165, 1.54) is 33.0 Å². The van der Waals surface area contributed by atoms with E-state index >= 15 is 0 Å². The highest BCUT2D eigenvalue weighted by Gasteiger charge is 2.24. The first kappa shape index (κ1) is 34.2. The molecule has 11 aromatic rings. The first-order chi connectivity index (χ1) is 29.7. The quantitative estimate of drug-likeness (QED) is 0.168. The summed E-state index contributed by atoms with van der Waals surface area (Å²) in [6.07, 6.45) is 7.28. The van der Waals surface area contributed by atoms with E-state index in [-0.39, 0.29) is 5.92 Å². The Hall–Kier alpha value is -7.89. The minimum absolute atomic E-state index is 0.0610. The van der Waals surface area contributed by atoms with Crippen LogP contribution in [0, 0.1) is 0 Å². The Labute approximate surface area is 345 Å². The molecule has 0 bridgehead atoms. The van der Waals surface area contributed by atoms with Crippen LogP contribution in [0.1, 0.15) is 23.7 Å². The van der Waals surface area contributed by atoms with Crippen LogP contribution in [0.5, 0.6) is 0 Å². The van der Waals surface area contributed by atoms with E-state index in [0.717, 1.165) is 72.6 Å². The predicted molar refractivity (Wildman–Crippen MR) is 245 cm³/mol. The van der Waals surface area contributed by atoms with Crippen molar-refractivity contribution < 1.29 is 8.83 Å². The van der Waals surface area contributed by atoms with E-state index in [0.29, 0.717) is 17.5 Å². The molecule has 1 aliphatic rings. The summed E-state index contributed by atoms with van der Waals surface area (Å²) in [5, 5.41) is 6.47. The molecule has 1 aliphatic carbocycles. The fraction of sp³-hybridized carbons (Fsp3) is 0.0364. The maximum atomic E-state index is 6.65. The first-order valence-corrected chi connectivity index (χ1v) is 20.3. The molecule has 0 saturated carbocycles. The van der Waals surface area contributed by atoms with Gasteiger partial charge < -0.3 is 8.83 Å². The number of hydrogen-bond acceptors (Lipinski definition) is 5. The van der Waals surface area contributed by atoms with Gasteiger partial charge in [-0.3, -0.25) is 0 Å². The van der Waals surface area contributed by atoms with Gasteiger partial charge in [0, 0.05) is 33.0 Å². The normalized spacial score (nSPS) is 14.1. The fourth-order valence-corrected chi connectivity index (χ4v) is 8.87. The van der Waals surface area contributed by atoms with Crippen LogP contribution in [0.4, 0.5) is 0 Å². The molecule has 1 atom stereocenters. The molecule has 0 amide bonds. The van der Waals surface area contributed by atoms with Crippen molar-refractivity contribution in [2.45, 2.75) is 12.3 Å². The highest BCUT2D eigenvalue weighted by Crippen LogP contribution is 2.41. The van der Waals surface area contributed by atoms with E-state index in [1.807, 2.05) is 36.4 Å². The van der Waals surface area contributed by atoms with Gasteiger partial charge in [-0.25, -0.2) is 15.0 Å². The van der Waals surface area contributed by atoms with Crippen molar-refractivity contribution in [2.75, 3.05) is 0 Å². The lowest BCUT2D eigenvalue weighted by atomic mass is 9.89. The monoisotopic (exact) mass is 769 g/mol. The van der Waals surface area contributed by atoms with Crippen molar-refractivity contribution in [1.29, 1.82) is 0 Å². The van der Waals surface area contributed by atoms with Gasteiger partial charge in [-0.1, -0.05) is 152 Å². The molecule has 3 aromatic heterocycles. The number of rotatable bonds is 6. The summed E-state index contributed by atoms with van der Waals surface area (Å²) in [7, 11) is 0. The lowest BCUT2D eigenvalue weighted by molar-refractivity contribution is 0.668. The first-order valence-electron chi connectivity index (χ1n) is 20.3. The molecule has 3 heterocycles. The van der Waals surface area contributed by atoms with Gasteiger partial charge in [0.15, 0.2) is 11.6 Å². The van der Waals surface area contributed by atoms with Crippen molar-refractivity contribution in [3.05, 3.63) is 206 Å². The third-order valence-electron chi connectivity index (χ3n) is 11.9. The van der Waals surface area contributed by atoms with Gasteiger partial charge in [-0.2, -0.15) is 0 Å². The van der Waals surface area contributed by atoms with Crippen LogP contribution in [0.2, 0.25) is 0 Å². The van der Waals surface area contributed by atoms with Gasteiger partial charge in [0.1, 0.15) is 28.2 Å². The predicted octanol–water partition coefficient (Wildman–Crippen LogP) is 14.6. The summed E-state index contributed by atoms with van der Waals surface area (Å²) < 4.78 is 13.2. The summed E-state index contributed by atoms with van der Waals surface area (Å²) in [6, 6.07) is 61.4. The molecular weight excluding hydrogens is 735 g/mol. The van der Waals surface area contributed by atoms with Gasteiger partial charge in [-0.05, 0) is 93.0 Å². The average Bonchev–Trinajstić information content (AvgIpc) is 3.90. The highest BCUT2D eigenvalue weighted by molar-refractivity contribution is 6.13. The molecule has 5 heteroatoms. The van der Waals surface area contributed by atoms with E-state index in [1.54, 1.807) is 0 Å². The van der Waals surface area contributed by atoms with Gasteiger partial charge in [0.2, 0.25) is 0 Å². The number of allylic oxidation sites excluding steroid dienone is 4. The number of benzene rings is 8. The van der Waals surface area contributed by atoms with Crippen LogP contribution in [0.25, 0.3) is 105 Å². The zero-order chi connectivity index (χ0) is 39.6. The number of nitrogens with zero attached hydrogens (tertiary/aromatic N) is 3. The molecule has 0 fully saturated rings. The molecule has 0 N–H and O–H groups in total. The number of fused-ring (bicyclic) bond motifs is 7. The van der Waals surface area contributed by atoms with E-state index in [4.69, 9.17) is 23.8 Å². The standard InChI is InChI=1S/C55H35N3O2/c1-3-12-34(13-4-1)37-16-9-17-41(30-37)53-56-54(58-55(57-53)47-21-10-19-44-43-18-7-8-22-48(43)60-52(44)47)46-20-11-23-49-51(46)45-29-28-40(33-50(45)59-49)39-27-25-36-24-26-38(31-42(36)32-39)35-14-5-2-6-15-35/h1-29,31-33,41H,30H2. The third kappa shape index (κ3) is 5.82. The lowest BCUT2D eigenvalue weighted by Crippen LogP contribution is -2.09. The summed E-state index contributed by atoms with van der Waals surface area (Å²) >= 11 is 0. The zero-order valence-electron chi connectivity index (χ0n) is 32.4. The molecule has 282 valence electrons. The second kappa shape index (κ2) is 13.9. The molecule has 60 heavy (non-hydrogen) atoms. The molecular formula is C55H35N3O2. The summed E-state index contributed by atoms with van der Waals surface area (Å²) in [5.41, 5.74) is 12.0. The minimum Gasteiger partial charge on any atom is -0.456 e. The maximum absolute atomic E-state index is 6.65. The maximum Gasteiger partial charge on any atom is 0.167 e. The molecule has 0 saturated heterocycles. The summed E-state index contributed by atoms with van der Waals surface area (Å²) in [6.45, 7) is 0. The van der Waals surface area contributed by atoms with Crippen molar-refractivity contribution >= 4 is 60.2 Å². The van der Waals surface area contributed by atoms with Crippen molar-refractivity contribution in [3.63, 3.8) is 0 Å². The second-order valence-electron chi connectivity index (χ2n) is 15.5. The number of para-hydroxylation sites is 2. The molecule has 8 aromatic carbocycles. The molecule has 5 nitrogen and oxygen atoms in total. The minimum atomic E-state index is -0.0610. The van der Waals surface area contributed by atoms with E-state index in [2.05, 4.69) is 158 Å². The highest BCUT2D eigenvalue weighted by atomic mass is 16.3. The fourth-order valence-electron chi connectivity index (χ4n) is 8.87. The molecule has 0 radical (unpaired) electrons. The van der Waals surface area contributed by atoms with Crippen LogP contribution in [0.15, 0.2) is 203 Å². The average molecular weight is 770 g/mol. The number of furan rings is 2. The van der Waals surface area contributed by atoms with E-state index in [9.17, 15) is 0 Å². The second-order valence-corrected chi connectivity index (χ2v) is 15.5. The Kier molecular flexibility index (Phi) is 7.91. The van der Waals surface area contributed by atoms with E-state index < -0.39 is 0 Å². The third-order valence-corrected chi connectivity index (χ3v) is 11.9. The Morgan fingerprint density at radius 1 is 0.433 bits per heavy atom. The Bertz CT molecular complexity index is 3520. The van der Waals surface area contributed by atoms with Crippen LogP contribution in [0.3, 0.4) is 0 Å². The Balaban J connectivity index is 0.994. The zero-order valence-corrected chi connectivity index (χ0v) is 32.4. The summed E-state index contributed by atoms with van der Waals surface area (Å²) in [5.74, 6) is 1.81. The van der Waals surface area contributed by atoms with Crippen molar-refractivity contribution in [3.8, 4) is 45.0 Å². The molecule has 0 spiro atoms. The summed E-state index contributed by atoms with van der Waals surface area (Å²) in [4.78, 5) is 15.8. The number of hydrogen-bond donors (Lipinski definition) is 0. The lowest BCUT2D eigenvalue weighted by Gasteiger charge is -2.19. The van der Waals surface area contributed by atoms with Crippen LogP contribution in [-0.2, 0) is 0 Å². The SMILES string of the molecule is C1=CC(c2nc(-c3cccc4c3oc3ccccc34)nc(-c3cccc4oc5cc(-c6ccc7ccc(-c8ccccc8)cc7c6)ccc5c34)n2)CC(c2ccccc2)=C1. The molecule has 12 rings (SSSR count). The van der Waals surface area contributed by atoms with Gasteiger partial charge >= 0.3 is 0 Å². The van der Waals surface area contributed by atoms with Gasteiger partial charge in [0.25, 0.3) is 0 Å².